The molecule has 0 saturated heterocycles. The van der Waals surface area contributed by atoms with E-state index in [4.69, 9.17) is 4.74 Å². The average Bonchev–Trinajstić information content (AvgIpc) is 2.68. The predicted octanol–water partition coefficient (Wildman–Crippen LogP) is 3.89. The summed E-state index contributed by atoms with van der Waals surface area (Å²) < 4.78 is 46.1. The van der Waals surface area contributed by atoms with Crippen LogP contribution in [0, 0.1) is 5.82 Å². The third-order valence-corrected chi connectivity index (χ3v) is 5.22. The van der Waals surface area contributed by atoms with Crippen LogP contribution in [0.2, 0.25) is 0 Å². The van der Waals surface area contributed by atoms with Crippen LogP contribution >= 0.6 is 0 Å². The van der Waals surface area contributed by atoms with E-state index >= 15 is 0 Å². The van der Waals surface area contributed by atoms with Gasteiger partial charge in [0.2, 0.25) is 0 Å². The number of nitrogens with one attached hydrogen (secondary N) is 2. The highest BCUT2D eigenvalue weighted by molar-refractivity contribution is 7.92. The molecule has 28 heavy (non-hydrogen) atoms. The molecular weight excluding hydrogens is 383 g/mol. The van der Waals surface area contributed by atoms with Crippen LogP contribution in [0.1, 0.15) is 10.4 Å². The summed E-state index contributed by atoms with van der Waals surface area (Å²) in [6.45, 7) is 0. The predicted molar refractivity (Wildman–Crippen MR) is 105 cm³/mol. The lowest BCUT2D eigenvalue weighted by Gasteiger charge is -2.13. The van der Waals surface area contributed by atoms with Crippen LogP contribution in [-0.4, -0.2) is 21.4 Å². The third-order valence-electron chi connectivity index (χ3n) is 3.84. The van der Waals surface area contributed by atoms with Crippen molar-refractivity contribution < 1.29 is 22.3 Å². The van der Waals surface area contributed by atoms with Gasteiger partial charge in [-0.2, -0.15) is 0 Å². The molecule has 0 aliphatic carbocycles. The van der Waals surface area contributed by atoms with E-state index in [2.05, 4.69) is 10.0 Å². The van der Waals surface area contributed by atoms with Crippen molar-refractivity contribution in [2.75, 3.05) is 17.1 Å². The van der Waals surface area contributed by atoms with Gasteiger partial charge < -0.3 is 10.1 Å². The number of carbonyl (C=O) groups excluding carboxylic acids is 1. The third kappa shape index (κ3) is 4.47. The molecule has 0 atom stereocenters. The fourth-order valence-electron chi connectivity index (χ4n) is 2.50. The molecule has 2 N–H and O–H groups in total. The van der Waals surface area contributed by atoms with E-state index in [1.807, 2.05) is 0 Å². The Morgan fingerprint density at radius 3 is 2.39 bits per heavy atom. The Morgan fingerprint density at radius 2 is 1.71 bits per heavy atom. The smallest absolute Gasteiger partial charge is 0.261 e. The first-order valence-corrected chi connectivity index (χ1v) is 9.70. The first kappa shape index (κ1) is 19.4. The minimum absolute atomic E-state index is 0.0886. The largest absolute Gasteiger partial charge is 0.495 e. The standard InChI is InChI=1S/C20H17FN2O4S/c1-27-19-11-10-17(28(25,26)23-16-9-5-8-15(21)12-16)13-18(19)22-20(24)14-6-3-2-4-7-14/h2-13,23H,1H3,(H,22,24). The van der Waals surface area contributed by atoms with E-state index in [1.54, 1.807) is 30.3 Å². The van der Waals surface area contributed by atoms with Crippen LogP contribution in [0.25, 0.3) is 0 Å². The number of anilines is 2. The van der Waals surface area contributed by atoms with Gasteiger partial charge in [0, 0.05) is 5.56 Å². The number of rotatable bonds is 6. The zero-order valence-electron chi connectivity index (χ0n) is 14.8. The van der Waals surface area contributed by atoms with Gasteiger partial charge in [0.25, 0.3) is 15.9 Å². The van der Waals surface area contributed by atoms with Crippen LogP contribution in [0.5, 0.6) is 5.75 Å². The molecule has 6 nitrogen and oxygen atoms in total. The fraction of sp³-hybridized carbons (Fsp3) is 0.0500. The van der Waals surface area contributed by atoms with Crippen molar-refractivity contribution in [3.05, 3.63) is 84.2 Å². The van der Waals surface area contributed by atoms with Crippen molar-refractivity contribution in [1.29, 1.82) is 0 Å². The summed E-state index contributed by atoms with van der Waals surface area (Å²) >= 11 is 0. The Labute approximate surface area is 162 Å². The summed E-state index contributed by atoms with van der Waals surface area (Å²) in [5.41, 5.74) is 0.694. The summed E-state index contributed by atoms with van der Waals surface area (Å²) in [4.78, 5) is 12.3. The lowest BCUT2D eigenvalue weighted by molar-refractivity contribution is 0.102. The Balaban J connectivity index is 1.90. The number of carbonyl (C=O) groups is 1. The van der Waals surface area contributed by atoms with Crippen molar-refractivity contribution in [2.24, 2.45) is 0 Å². The number of sulfonamides is 1. The molecule has 144 valence electrons. The summed E-state index contributed by atoms with van der Waals surface area (Å²) in [7, 11) is -2.59. The van der Waals surface area contributed by atoms with Crippen molar-refractivity contribution >= 4 is 27.3 Å². The van der Waals surface area contributed by atoms with E-state index in [0.717, 1.165) is 6.07 Å². The Bertz CT molecular complexity index is 1100. The maximum atomic E-state index is 13.3. The maximum absolute atomic E-state index is 13.3. The SMILES string of the molecule is COc1ccc(S(=O)(=O)Nc2cccc(F)c2)cc1NC(=O)c1ccccc1. The number of hydrogen-bond donors (Lipinski definition) is 2. The summed E-state index contributed by atoms with van der Waals surface area (Å²) in [5, 5.41) is 2.65. The van der Waals surface area contributed by atoms with E-state index in [9.17, 15) is 17.6 Å². The highest BCUT2D eigenvalue weighted by Gasteiger charge is 2.18. The number of benzene rings is 3. The van der Waals surface area contributed by atoms with Crippen molar-refractivity contribution in [2.45, 2.75) is 4.90 Å². The van der Waals surface area contributed by atoms with Crippen LogP contribution in [0.4, 0.5) is 15.8 Å². The van der Waals surface area contributed by atoms with Crippen LogP contribution in [0.3, 0.4) is 0 Å². The topological polar surface area (TPSA) is 84.5 Å². The summed E-state index contributed by atoms with van der Waals surface area (Å²) in [6, 6.07) is 17.6. The van der Waals surface area contributed by atoms with E-state index in [-0.39, 0.29) is 16.3 Å². The molecule has 1 amide bonds. The number of amides is 1. The number of ether oxygens (including phenoxy) is 1. The average molecular weight is 400 g/mol. The molecule has 3 aromatic rings. The van der Waals surface area contributed by atoms with Crippen LogP contribution in [0.15, 0.2) is 77.7 Å². The van der Waals surface area contributed by atoms with E-state index in [1.165, 1.54) is 43.5 Å². The second-order valence-corrected chi connectivity index (χ2v) is 7.48. The van der Waals surface area contributed by atoms with Gasteiger partial charge in [0.1, 0.15) is 11.6 Å². The minimum Gasteiger partial charge on any atom is -0.495 e. The van der Waals surface area contributed by atoms with Gasteiger partial charge in [-0.3, -0.25) is 9.52 Å². The van der Waals surface area contributed by atoms with Crippen molar-refractivity contribution in [3.8, 4) is 5.75 Å². The first-order chi connectivity index (χ1) is 13.4. The van der Waals surface area contributed by atoms with Gasteiger partial charge in [-0.1, -0.05) is 24.3 Å². The number of hydrogen-bond acceptors (Lipinski definition) is 4. The number of methoxy groups -OCH3 is 1. The van der Waals surface area contributed by atoms with Gasteiger partial charge in [-0.15, -0.1) is 0 Å². The normalized spacial score (nSPS) is 10.9. The van der Waals surface area contributed by atoms with E-state index < -0.39 is 21.7 Å². The van der Waals surface area contributed by atoms with Gasteiger partial charge in [-0.25, -0.2) is 12.8 Å². The number of halogens is 1. The van der Waals surface area contributed by atoms with Crippen molar-refractivity contribution in [1.82, 2.24) is 0 Å². The van der Waals surface area contributed by atoms with E-state index in [0.29, 0.717) is 11.3 Å². The molecule has 0 bridgehead atoms. The minimum atomic E-state index is -4.00. The Hall–Kier alpha value is -3.39. The monoisotopic (exact) mass is 400 g/mol. The molecule has 8 heteroatoms. The second kappa shape index (κ2) is 8.10. The lowest BCUT2D eigenvalue weighted by Crippen LogP contribution is -2.15. The lowest BCUT2D eigenvalue weighted by atomic mass is 10.2. The molecule has 0 unspecified atom stereocenters. The van der Waals surface area contributed by atoms with Crippen molar-refractivity contribution in [3.63, 3.8) is 0 Å². The molecule has 0 radical (unpaired) electrons. The molecule has 3 rings (SSSR count). The first-order valence-electron chi connectivity index (χ1n) is 8.22. The zero-order chi connectivity index (χ0) is 20.1. The highest BCUT2D eigenvalue weighted by Crippen LogP contribution is 2.29. The molecule has 0 fully saturated rings. The van der Waals surface area contributed by atoms with Crippen LogP contribution < -0.4 is 14.8 Å². The molecular formula is C20H17FN2O4S. The molecule has 0 aliphatic rings. The quantitative estimate of drug-likeness (QED) is 0.658. The van der Waals surface area contributed by atoms with Gasteiger partial charge in [0.05, 0.1) is 23.4 Å². The van der Waals surface area contributed by atoms with Crippen LogP contribution in [-0.2, 0) is 10.0 Å². The Kier molecular flexibility index (Phi) is 5.60. The zero-order valence-corrected chi connectivity index (χ0v) is 15.7. The fourth-order valence-corrected chi connectivity index (χ4v) is 3.58. The summed E-state index contributed by atoms with van der Waals surface area (Å²) in [5.74, 6) is -0.675. The van der Waals surface area contributed by atoms with Gasteiger partial charge >= 0.3 is 0 Å². The van der Waals surface area contributed by atoms with Gasteiger partial charge in [0.15, 0.2) is 0 Å². The second-order valence-electron chi connectivity index (χ2n) is 5.80. The molecule has 0 aliphatic heterocycles. The molecule has 0 spiro atoms. The maximum Gasteiger partial charge on any atom is 0.261 e. The van der Waals surface area contributed by atoms with Gasteiger partial charge in [-0.05, 0) is 48.5 Å². The molecule has 0 heterocycles. The molecule has 3 aromatic carbocycles. The molecule has 0 saturated carbocycles. The Morgan fingerprint density at radius 1 is 0.964 bits per heavy atom. The highest BCUT2D eigenvalue weighted by atomic mass is 32.2. The summed E-state index contributed by atoms with van der Waals surface area (Å²) in [6.07, 6.45) is 0. The molecule has 0 aromatic heterocycles.